The second kappa shape index (κ2) is 9.79. The minimum atomic E-state index is -0.588. The van der Waals surface area contributed by atoms with E-state index in [4.69, 9.17) is 0 Å². The third-order valence-corrected chi connectivity index (χ3v) is 4.54. The van der Waals surface area contributed by atoms with Crippen molar-refractivity contribution in [2.45, 2.75) is 20.3 Å². The lowest BCUT2D eigenvalue weighted by Gasteiger charge is -2.32. The van der Waals surface area contributed by atoms with E-state index in [1.54, 1.807) is 0 Å². The van der Waals surface area contributed by atoms with Crippen molar-refractivity contribution in [2.75, 3.05) is 50.7 Å². The average Bonchev–Trinajstić information content (AvgIpc) is 2.66. The summed E-state index contributed by atoms with van der Waals surface area (Å²) >= 11 is 0. The van der Waals surface area contributed by atoms with Gasteiger partial charge in [-0.05, 0) is 32.4 Å². The zero-order chi connectivity index (χ0) is 18.9. The summed E-state index contributed by atoms with van der Waals surface area (Å²) < 4.78 is 0. The lowest BCUT2D eigenvalue weighted by Crippen LogP contribution is -2.56. The summed E-state index contributed by atoms with van der Waals surface area (Å²) in [5, 5.41) is 2.84. The fourth-order valence-electron chi connectivity index (χ4n) is 3.00. The molecule has 1 aromatic rings. The van der Waals surface area contributed by atoms with E-state index in [-0.39, 0.29) is 12.5 Å². The Labute approximate surface area is 154 Å². The van der Waals surface area contributed by atoms with Crippen LogP contribution in [0.4, 0.5) is 5.69 Å². The molecule has 0 saturated carbocycles. The van der Waals surface area contributed by atoms with Crippen LogP contribution in [0.1, 0.15) is 20.3 Å². The van der Waals surface area contributed by atoms with Gasteiger partial charge >= 0.3 is 11.8 Å². The predicted octanol–water partition coefficient (Wildman–Crippen LogP) is 0.710. The number of anilines is 1. The third-order valence-electron chi connectivity index (χ3n) is 4.54. The number of benzene rings is 1. The van der Waals surface area contributed by atoms with E-state index in [0.29, 0.717) is 26.2 Å². The Kier molecular flexibility index (Phi) is 7.44. The molecule has 7 heteroatoms. The first-order chi connectivity index (χ1) is 12.6. The summed E-state index contributed by atoms with van der Waals surface area (Å²) in [5.74, 6) is -1.33. The van der Waals surface area contributed by atoms with Crippen molar-refractivity contribution < 1.29 is 14.4 Å². The van der Waals surface area contributed by atoms with Crippen LogP contribution < -0.4 is 10.2 Å². The Morgan fingerprint density at radius 3 is 2.38 bits per heavy atom. The maximum absolute atomic E-state index is 12.1. The molecular formula is C19H28N4O3. The molecule has 1 aliphatic heterocycles. The largest absolute Gasteiger partial charge is 0.372 e. The SMILES string of the molecule is CCN1CCN(CC(=O)NCCCN(CC)c2ccccc2)C(=O)C1=O. The molecular weight excluding hydrogens is 332 g/mol. The molecule has 0 radical (unpaired) electrons. The van der Waals surface area contributed by atoms with Crippen molar-refractivity contribution in [3.8, 4) is 0 Å². The van der Waals surface area contributed by atoms with Crippen molar-refractivity contribution in [3.63, 3.8) is 0 Å². The van der Waals surface area contributed by atoms with Crippen LogP contribution in [0.2, 0.25) is 0 Å². The number of carbonyl (C=O) groups excluding carboxylic acids is 3. The second-order valence-corrected chi connectivity index (χ2v) is 6.23. The maximum atomic E-state index is 12.1. The summed E-state index contributed by atoms with van der Waals surface area (Å²) in [5.41, 5.74) is 1.17. The summed E-state index contributed by atoms with van der Waals surface area (Å²) in [6, 6.07) is 10.2. The number of para-hydroxylation sites is 1. The third kappa shape index (κ3) is 5.21. The van der Waals surface area contributed by atoms with Crippen molar-refractivity contribution in [2.24, 2.45) is 0 Å². The monoisotopic (exact) mass is 360 g/mol. The number of hydrogen-bond acceptors (Lipinski definition) is 4. The highest BCUT2D eigenvalue weighted by molar-refractivity contribution is 6.35. The summed E-state index contributed by atoms with van der Waals surface area (Å²) in [7, 11) is 0. The molecule has 1 N–H and O–H groups in total. The average molecular weight is 360 g/mol. The zero-order valence-corrected chi connectivity index (χ0v) is 15.6. The molecule has 2 rings (SSSR count). The first kappa shape index (κ1) is 19.8. The normalized spacial score (nSPS) is 14.5. The van der Waals surface area contributed by atoms with E-state index in [1.165, 1.54) is 15.5 Å². The summed E-state index contributed by atoms with van der Waals surface area (Å²) in [6.45, 7) is 7.56. The van der Waals surface area contributed by atoms with E-state index in [2.05, 4.69) is 29.3 Å². The second-order valence-electron chi connectivity index (χ2n) is 6.23. The van der Waals surface area contributed by atoms with Crippen LogP contribution in [0.25, 0.3) is 0 Å². The molecule has 1 saturated heterocycles. The Morgan fingerprint density at radius 1 is 1.08 bits per heavy atom. The van der Waals surface area contributed by atoms with E-state index in [9.17, 15) is 14.4 Å². The first-order valence-electron chi connectivity index (χ1n) is 9.21. The number of likely N-dealkylation sites (N-methyl/N-ethyl adjacent to an activating group) is 1. The minimum absolute atomic E-state index is 0.0572. The van der Waals surface area contributed by atoms with Crippen LogP contribution >= 0.6 is 0 Å². The van der Waals surface area contributed by atoms with Gasteiger partial charge in [-0.25, -0.2) is 0 Å². The number of rotatable bonds is 9. The van der Waals surface area contributed by atoms with Crippen LogP contribution in [-0.2, 0) is 14.4 Å². The molecule has 0 atom stereocenters. The van der Waals surface area contributed by atoms with E-state index >= 15 is 0 Å². The molecule has 0 aliphatic carbocycles. The van der Waals surface area contributed by atoms with E-state index in [0.717, 1.165) is 19.5 Å². The number of piperazine rings is 1. The van der Waals surface area contributed by atoms with Gasteiger partial charge in [0.15, 0.2) is 0 Å². The summed E-state index contributed by atoms with van der Waals surface area (Å²) in [6.07, 6.45) is 0.810. The van der Waals surface area contributed by atoms with Gasteiger partial charge < -0.3 is 20.0 Å². The first-order valence-corrected chi connectivity index (χ1v) is 9.21. The lowest BCUT2D eigenvalue weighted by atomic mass is 10.2. The summed E-state index contributed by atoms with van der Waals surface area (Å²) in [4.78, 5) is 41.0. The van der Waals surface area contributed by atoms with Crippen molar-refractivity contribution in [3.05, 3.63) is 30.3 Å². The Bertz CT molecular complexity index is 620. The topological polar surface area (TPSA) is 73.0 Å². The van der Waals surface area contributed by atoms with Gasteiger partial charge in [-0.15, -0.1) is 0 Å². The fraction of sp³-hybridized carbons (Fsp3) is 0.526. The Balaban J connectivity index is 1.70. The Morgan fingerprint density at radius 2 is 1.73 bits per heavy atom. The molecule has 0 aromatic heterocycles. The van der Waals surface area contributed by atoms with E-state index in [1.807, 2.05) is 25.1 Å². The number of hydrogen-bond donors (Lipinski definition) is 1. The lowest BCUT2D eigenvalue weighted by molar-refractivity contribution is -0.156. The minimum Gasteiger partial charge on any atom is -0.372 e. The van der Waals surface area contributed by atoms with Crippen molar-refractivity contribution >= 4 is 23.4 Å². The predicted molar refractivity (Wildman–Crippen MR) is 101 cm³/mol. The van der Waals surface area contributed by atoms with Gasteiger partial charge in [0.1, 0.15) is 6.54 Å². The quantitative estimate of drug-likeness (QED) is 0.520. The van der Waals surface area contributed by atoms with Crippen LogP contribution in [0.15, 0.2) is 30.3 Å². The molecule has 0 unspecified atom stereocenters. The molecule has 1 fully saturated rings. The van der Waals surface area contributed by atoms with Gasteiger partial charge in [-0.3, -0.25) is 14.4 Å². The van der Waals surface area contributed by atoms with Crippen LogP contribution in [0.5, 0.6) is 0 Å². The van der Waals surface area contributed by atoms with Crippen molar-refractivity contribution in [1.29, 1.82) is 0 Å². The van der Waals surface area contributed by atoms with Crippen LogP contribution in [0.3, 0.4) is 0 Å². The van der Waals surface area contributed by atoms with Crippen LogP contribution in [0, 0.1) is 0 Å². The highest BCUT2D eigenvalue weighted by Crippen LogP contribution is 2.12. The molecule has 1 heterocycles. The molecule has 0 spiro atoms. The molecule has 1 aromatic carbocycles. The Hall–Kier alpha value is -2.57. The number of nitrogens with one attached hydrogen (secondary N) is 1. The molecule has 3 amide bonds. The highest BCUT2D eigenvalue weighted by Gasteiger charge is 2.32. The van der Waals surface area contributed by atoms with E-state index < -0.39 is 11.8 Å². The standard InChI is InChI=1S/C19H28N4O3/c1-3-21(16-9-6-5-7-10-16)12-8-11-20-17(24)15-23-14-13-22(4-2)18(25)19(23)26/h5-7,9-10H,3-4,8,11-15H2,1-2H3,(H,20,24). The maximum Gasteiger partial charge on any atom is 0.312 e. The van der Waals surface area contributed by atoms with Gasteiger partial charge in [-0.1, -0.05) is 18.2 Å². The van der Waals surface area contributed by atoms with Gasteiger partial charge in [0.05, 0.1) is 0 Å². The molecule has 142 valence electrons. The molecule has 1 aliphatic rings. The van der Waals surface area contributed by atoms with Crippen molar-refractivity contribution in [1.82, 2.24) is 15.1 Å². The molecule has 26 heavy (non-hydrogen) atoms. The highest BCUT2D eigenvalue weighted by atomic mass is 16.2. The number of carbonyl (C=O) groups is 3. The number of amides is 3. The van der Waals surface area contributed by atoms with Gasteiger partial charge in [-0.2, -0.15) is 0 Å². The molecule has 0 bridgehead atoms. The van der Waals surface area contributed by atoms with Gasteiger partial charge in [0.2, 0.25) is 5.91 Å². The van der Waals surface area contributed by atoms with Gasteiger partial charge in [0.25, 0.3) is 0 Å². The van der Waals surface area contributed by atoms with Gasteiger partial charge in [0, 0.05) is 45.0 Å². The smallest absolute Gasteiger partial charge is 0.312 e. The number of nitrogens with zero attached hydrogens (tertiary/aromatic N) is 3. The molecule has 7 nitrogen and oxygen atoms in total. The van der Waals surface area contributed by atoms with Crippen LogP contribution in [-0.4, -0.2) is 73.3 Å². The fourth-order valence-corrected chi connectivity index (χ4v) is 3.00. The zero-order valence-electron chi connectivity index (χ0n) is 15.6.